The number of H-pyrrole nitrogens is 1. The van der Waals surface area contributed by atoms with Crippen molar-refractivity contribution in [2.45, 2.75) is 26.3 Å². The van der Waals surface area contributed by atoms with Crippen LogP contribution in [0.2, 0.25) is 0 Å². The third-order valence-corrected chi connectivity index (χ3v) is 5.15. The van der Waals surface area contributed by atoms with E-state index >= 15 is 0 Å². The van der Waals surface area contributed by atoms with Gasteiger partial charge in [0.15, 0.2) is 0 Å². The second-order valence-corrected chi connectivity index (χ2v) is 6.83. The van der Waals surface area contributed by atoms with E-state index in [1.807, 2.05) is 19.1 Å². The van der Waals surface area contributed by atoms with E-state index in [-0.39, 0.29) is 5.56 Å². The molecule has 0 saturated heterocycles. The Morgan fingerprint density at radius 1 is 1.12 bits per heavy atom. The molecule has 0 unspecified atom stereocenters. The molecule has 0 aliphatic carbocycles. The number of nitrogens with one attached hydrogen (secondary N) is 1. The minimum Gasteiger partial charge on any atom is -0.496 e. The van der Waals surface area contributed by atoms with Crippen LogP contribution in [-0.2, 0) is 19.4 Å². The molecule has 1 aromatic heterocycles. The minimum atomic E-state index is 0.0178. The number of benzene rings is 2. The van der Waals surface area contributed by atoms with Crippen molar-refractivity contribution in [3.05, 3.63) is 69.4 Å². The highest BCUT2D eigenvalue weighted by Gasteiger charge is 2.19. The zero-order valence-electron chi connectivity index (χ0n) is 15.2. The van der Waals surface area contributed by atoms with Gasteiger partial charge in [-0.25, -0.2) is 4.98 Å². The number of rotatable bonds is 3. The third kappa shape index (κ3) is 3.10. The quantitative estimate of drug-likeness (QED) is 0.790. The van der Waals surface area contributed by atoms with E-state index in [4.69, 9.17) is 4.74 Å². The molecule has 5 heteroatoms. The highest BCUT2D eigenvalue weighted by atomic mass is 16.5. The Kier molecular flexibility index (Phi) is 4.47. The first-order valence-electron chi connectivity index (χ1n) is 9.01. The summed E-state index contributed by atoms with van der Waals surface area (Å²) in [7, 11) is 1.71. The molecule has 2 heterocycles. The van der Waals surface area contributed by atoms with Gasteiger partial charge in [-0.2, -0.15) is 0 Å². The first kappa shape index (κ1) is 16.8. The molecule has 0 spiro atoms. The molecule has 0 fully saturated rings. The topological polar surface area (TPSA) is 58.2 Å². The van der Waals surface area contributed by atoms with Crippen LogP contribution in [0.3, 0.4) is 0 Å². The van der Waals surface area contributed by atoms with Crippen LogP contribution in [0.5, 0.6) is 5.75 Å². The maximum Gasteiger partial charge on any atom is 0.254 e. The van der Waals surface area contributed by atoms with Gasteiger partial charge in [0.05, 0.1) is 12.8 Å². The summed E-state index contributed by atoms with van der Waals surface area (Å²) in [6.45, 7) is 4.47. The van der Waals surface area contributed by atoms with Crippen LogP contribution in [0.25, 0.3) is 10.8 Å². The van der Waals surface area contributed by atoms with Gasteiger partial charge in [0.2, 0.25) is 0 Å². The van der Waals surface area contributed by atoms with Crippen molar-refractivity contribution in [2.24, 2.45) is 0 Å². The largest absolute Gasteiger partial charge is 0.496 e. The fraction of sp³-hybridized carbons (Fsp3) is 0.333. The molecule has 0 radical (unpaired) electrons. The Bertz CT molecular complexity index is 1010. The van der Waals surface area contributed by atoms with Gasteiger partial charge in [-0.05, 0) is 30.4 Å². The predicted octanol–water partition coefficient (Wildman–Crippen LogP) is 2.84. The molecule has 5 nitrogen and oxygen atoms in total. The molecule has 0 saturated carbocycles. The van der Waals surface area contributed by atoms with E-state index in [1.54, 1.807) is 7.11 Å². The summed E-state index contributed by atoms with van der Waals surface area (Å²) < 4.78 is 5.50. The van der Waals surface area contributed by atoms with Crippen LogP contribution < -0.4 is 10.3 Å². The number of hydrogen-bond donors (Lipinski definition) is 1. The number of methoxy groups -OCH3 is 1. The van der Waals surface area contributed by atoms with Crippen LogP contribution in [0.4, 0.5) is 0 Å². The van der Waals surface area contributed by atoms with Crippen LogP contribution in [0.15, 0.2) is 41.2 Å². The lowest BCUT2D eigenvalue weighted by Gasteiger charge is -2.21. The Balaban J connectivity index is 1.61. The summed E-state index contributed by atoms with van der Waals surface area (Å²) in [4.78, 5) is 22.0. The molecule has 0 atom stereocenters. The number of nitrogens with zero attached hydrogens (tertiary/aromatic N) is 2. The van der Waals surface area contributed by atoms with E-state index in [9.17, 15) is 4.79 Å². The molecule has 1 aliphatic heterocycles. The van der Waals surface area contributed by atoms with Crippen molar-refractivity contribution in [3.8, 4) is 5.75 Å². The van der Waals surface area contributed by atoms with E-state index in [0.717, 1.165) is 54.9 Å². The molecule has 1 aliphatic rings. The Hall–Kier alpha value is -2.66. The van der Waals surface area contributed by atoms with E-state index < -0.39 is 0 Å². The van der Waals surface area contributed by atoms with Crippen molar-refractivity contribution >= 4 is 10.8 Å². The molecule has 2 aromatic carbocycles. The van der Waals surface area contributed by atoms with Crippen LogP contribution >= 0.6 is 0 Å². The zero-order valence-corrected chi connectivity index (χ0v) is 15.2. The second kappa shape index (κ2) is 6.92. The zero-order chi connectivity index (χ0) is 18.1. The molecule has 1 N–H and O–H groups in total. The van der Waals surface area contributed by atoms with Gasteiger partial charge in [0.1, 0.15) is 11.6 Å². The molecular formula is C21H23N3O2. The summed E-state index contributed by atoms with van der Waals surface area (Å²) in [5.74, 6) is 1.60. The molecule has 0 amide bonds. The van der Waals surface area contributed by atoms with Crippen molar-refractivity contribution < 1.29 is 4.74 Å². The summed E-state index contributed by atoms with van der Waals surface area (Å²) in [6, 6.07) is 12.5. The molecular weight excluding hydrogens is 326 g/mol. The van der Waals surface area contributed by atoms with Gasteiger partial charge in [0.25, 0.3) is 5.56 Å². The molecule has 4 rings (SSSR count). The second-order valence-electron chi connectivity index (χ2n) is 6.83. The van der Waals surface area contributed by atoms with Crippen molar-refractivity contribution in [1.29, 1.82) is 0 Å². The van der Waals surface area contributed by atoms with Crippen molar-refractivity contribution in [1.82, 2.24) is 14.9 Å². The van der Waals surface area contributed by atoms with Crippen LogP contribution in [-0.4, -0.2) is 35.1 Å². The lowest BCUT2D eigenvalue weighted by Crippen LogP contribution is -2.26. The SMILES string of the molecule is COc1ccc(CN2CCc3nc(C)[nH]c(=O)c3CC2)c2ccccc12. The maximum atomic E-state index is 12.2. The Morgan fingerprint density at radius 2 is 1.88 bits per heavy atom. The van der Waals surface area contributed by atoms with Gasteiger partial charge < -0.3 is 9.72 Å². The normalized spacial score (nSPS) is 14.8. The first-order valence-corrected chi connectivity index (χ1v) is 9.01. The average Bonchev–Trinajstić information content (AvgIpc) is 2.85. The summed E-state index contributed by atoms with van der Waals surface area (Å²) in [5.41, 5.74) is 3.10. The third-order valence-electron chi connectivity index (χ3n) is 5.15. The monoisotopic (exact) mass is 349 g/mol. The summed E-state index contributed by atoms with van der Waals surface area (Å²) in [6.07, 6.45) is 1.56. The summed E-state index contributed by atoms with van der Waals surface area (Å²) in [5, 5.41) is 2.36. The molecule has 134 valence electrons. The lowest BCUT2D eigenvalue weighted by molar-refractivity contribution is 0.279. The standard InChI is InChI=1S/C21H23N3O2/c1-14-22-19-10-12-24(11-9-18(19)21(25)23-14)13-15-7-8-20(26-2)17-6-4-3-5-16(15)17/h3-8H,9-13H2,1-2H3,(H,22,23,25). The highest BCUT2D eigenvalue weighted by molar-refractivity contribution is 5.91. The highest BCUT2D eigenvalue weighted by Crippen LogP contribution is 2.29. The van der Waals surface area contributed by atoms with Crippen molar-refractivity contribution in [2.75, 3.05) is 20.2 Å². The van der Waals surface area contributed by atoms with E-state index in [1.165, 1.54) is 10.9 Å². The number of aromatic nitrogens is 2. The number of hydrogen-bond acceptors (Lipinski definition) is 4. The van der Waals surface area contributed by atoms with Crippen LogP contribution in [0, 0.1) is 6.92 Å². The van der Waals surface area contributed by atoms with E-state index in [0.29, 0.717) is 5.82 Å². The van der Waals surface area contributed by atoms with Gasteiger partial charge in [0, 0.05) is 37.0 Å². The number of ether oxygens (including phenoxy) is 1. The van der Waals surface area contributed by atoms with E-state index in [2.05, 4.69) is 39.1 Å². The minimum absolute atomic E-state index is 0.0178. The fourth-order valence-electron chi connectivity index (χ4n) is 3.83. The number of aryl methyl sites for hydroxylation is 1. The predicted molar refractivity (Wildman–Crippen MR) is 103 cm³/mol. The molecule has 0 bridgehead atoms. The maximum absolute atomic E-state index is 12.2. The lowest BCUT2D eigenvalue weighted by atomic mass is 10.0. The Labute approximate surface area is 152 Å². The first-order chi connectivity index (χ1) is 12.7. The van der Waals surface area contributed by atoms with Gasteiger partial charge >= 0.3 is 0 Å². The van der Waals surface area contributed by atoms with Crippen LogP contribution in [0.1, 0.15) is 22.6 Å². The number of aromatic amines is 1. The molecule has 3 aromatic rings. The van der Waals surface area contributed by atoms with Gasteiger partial charge in [-0.1, -0.05) is 30.3 Å². The van der Waals surface area contributed by atoms with Gasteiger partial charge in [-0.3, -0.25) is 9.69 Å². The average molecular weight is 349 g/mol. The number of fused-ring (bicyclic) bond motifs is 2. The van der Waals surface area contributed by atoms with Crippen molar-refractivity contribution in [3.63, 3.8) is 0 Å². The summed E-state index contributed by atoms with van der Waals surface area (Å²) >= 11 is 0. The van der Waals surface area contributed by atoms with Gasteiger partial charge in [-0.15, -0.1) is 0 Å². The Morgan fingerprint density at radius 3 is 2.69 bits per heavy atom. The molecule has 26 heavy (non-hydrogen) atoms. The fourth-order valence-corrected chi connectivity index (χ4v) is 3.83. The smallest absolute Gasteiger partial charge is 0.254 e.